The maximum atomic E-state index is 12.6. The summed E-state index contributed by atoms with van der Waals surface area (Å²) in [7, 11) is 0. The standard InChI is InChI=1S/C23H28O8/c1-20-8-13(20)17-23(31-17)21(2)7-6-11-12(9-28-18(11)27)14(21)10-29-22(23,3)19(20)30-16(26)5-4-15(24)25/h13-14,17,19H,4-10H2,1-3H3,(H,24,25)/t13-,14-,17-,19+,20-,21-,22+,23+/m0/s1. The lowest BCUT2D eigenvalue weighted by molar-refractivity contribution is -0.260. The highest BCUT2D eigenvalue weighted by Gasteiger charge is 2.91. The number of ether oxygens (including phenoxy) is 4. The molecule has 0 aromatic rings. The number of hydrogen-bond acceptors (Lipinski definition) is 7. The van der Waals surface area contributed by atoms with Gasteiger partial charge in [0.05, 0.1) is 25.6 Å². The summed E-state index contributed by atoms with van der Waals surface area (Å²) in [5.74, 6) is -1.41. The number of carbonyl (C=O) groups is 3. The van der Waals surface area contributed by atoms with E-state index in [2.05, 4.69) is 13.8 Å². The van der Waals surface area contributed by atoms with Crippen molar-refractivity contribution in [1.29, 1.82) is 0 Å². The first kappa shape index (κ1) is 19.7. The zero-order chi connectivity index (χ0) is 22.0. The summed E-state index contributed by atoms with van der Waals surface area (Å²) >= 11 is 0. The van der Waals surface area contributed by atoms with Crippen LogP contribution in [0, 0.1) is 22.7 Å². The minimum Gasteiger partial charge on any atom is -0.481 e. The number of esters is 2. The van der Waals surface area contributed by atoms with E-state index in [-0.39, 0.29) is 47.6 Å². The van der Waals surface area contributed by atoms with Crippen molar-refractivity contribution in [2.75, 3.05) is 13.2 Å². The third-order valence-electron chi connectivity index (χ3n) is 9.47. The van der Waals surface area contributed by atoms with Crippen LogP contribution >= 0.6 is 0 Å². The van der Waals surface area contributed by atoms with E-state index in [1.165, 1.54) is 0 Å². The molecule has 0 aromatic carbocycles. The van der Waals surface area contributed by atoms with Gasteiger partial charge >= 0.3 is 17.9 Å². The maximum Gasteiger partial charge on any atom is 0.334 e. The highest BCUT2D eigenvalue weighted by Crippen LogP contribution is 2.81. The molecule has 1 spiro atoms. The van der Waals surface area contributed by atoms with Gasteiger partial charge in [-0.1, -0.05) is 13.8 Å². The number of cyclic esters (lactones) is 1. The Morgan fingerprint density at radius 2 is 2.00 bits per heavy atom. The molecule has 0 amide bonds. The molecule has 6 rings (SSSR count). The van der Waals surface area contributed by atoms with Gasteiger partial charge in [0, 0.05) is 22.3 Å². The number of aliphatic carboxylic acids is 1. The molecule has 3 heterocycles. The van der Waals surface area contributed by atoms with Crippen molar-refractivity contribution in [2.24, 2.45) is 22.7 Å². The maximum absolute atomic E-state index is 12.6. The lowest BCUT2D eigenvalue weighted by Gasteiger charge is -2.60. The third-order valence-corrected chi connectivity index (χ3v) is 9.47. The Bertz CT molecular complexity index is 955. The SMILES string of the molecule is C[C@]12C[C@H]1[C@@H]1O[C@@]13[C@@]1(C)CCC4=C(COC4=O)[C@@H]1CO[C@]3(C)[C@@H]2OC(=O)CCC(=O)O. The van der Waals surface area contributed by atoms with Crippen molar-refractivity contribution in [1.82, 2.24) is 0 Å². The van der Waals surface area contributed by atoms with Gasteiger partial charge < -0.3 is 24.1 Å². The van der Waals surface area contributed by atoms with Gasteiger partial charge in [0.1, 0.15) is 23.9 Å². The Hall–Kier alpha value is -1.93. The minimum atomic E-state index is -1.02. The molecule has 0 radical (unpaired) electrons. The summed E-state index contributed by atoms with van der Waals surface area (Å²) in [6, 6.07) is 0. The van der Waals surface area contributed by atoms with E-state index in [0.717, 1.165) is 24.0 Å². The molecule has 1 N–H and O–H groups in total. The van der Waals surface area contributed by atoms with Gasteiger partial charge in [-0.05, 0) is 37.7 Å². The highest BCUT2D eigenvalue weighted by molar-refractivity contribution is 5.92. The van der Waals surface area contributed by atoms with Crippen LogP contribution in [0.15, 0.2) is 11.1 Å². The van der Waals surface area contributed by atoms with Crippen molar-refractivity contribution in [3.05, 3.63) is 11.1 Å². The molecule has 2 saturated carbocycles. The van der Waals surface area contributed by atoms with E-state index in [1.54, 1.807) is 0 Å². The van der Waals surface area contributed by atoms with Crippen LogP contribution < -0.4 is 0 Å². The molecule has 31 heavy (non-hydrogen) atoms. The average Bonchev–Trinajstić information content (AvgIpc) is 3.58. The number of hydrogen-bond donors (Lipinski definition) is 1. The first-order valence-corrected chi connectivity index (χ1v) is 11.2. The molecule has 168 valence electrons. The fraction of sp³-hybridized carbons (Fsp3) is 0.783. The lowest BCUT2D eigenvalue weighted by Crippen LogP contribution is -2.72. The Morgan fingerprint density at radius 1 is 1.23 bits per heavy atom. The van der Waals surface area contributed by atoms with E-state index in [4.69, 9.17) is 24.1 Å². The molecule has 4 fully saturated rings. The smallest absolute Gasteiger partial charge is 0.334 e. The van der Waals surface area contributed by atoms with Crippen LogP contribution in [0.5, 0.6) is 0 Å². The number of epoxide rings is 1. The van der Waals surface area contributed by atoms with Crippen LogP contribution in [0.25, 0.3) is 0 Å². The zero-order valence-corrected chi connectivity index (χ0v) is 18.1. The number of carbonyl (C=O) groups excluding carboxylic acids is 2. The number of carboxylic acids is 1. The highest BCUT2D eigenvalue weighted by atomic mass is 16.7. The first-order valence-electron chi connectivity index (χ1n) is 11.2. The van der Waals surface area contributed by atoms with Gasteiger partial charge in [-0.15, -0.1) is 0 Å². The van der Waals surface area contributed by atoms with Crippen molar-refractivity contribution < 1.29 is 38.4 Å². The molecule has 0 unspecified atom stereocenters. The predicted molar refractivity (Wildman–Crippen MR) is 104 cm³/mol. The summed E-state index contributed by atoms with van der Waals surface area (Å²) in [6.07, 6.45) is 1.49. The summed E-state index contributed by atoms with van der Waals surface area (Å²) in [5.41, 5.74) is -0.0629. The van der Waals surface area contributed by atoms with Crippen molar-refractivity contribution in [3.8, 4) is 0 Å². The lowest BCUT2D eigenvalue weighted by atomic mass is 9.49. The Kier molecular flexibility index (Phi) is 3.63. The number of fused-ring (bicyclic) bond motifs is 4. The Labute approximate surface area is 180 Å². The quantitative estimate of drug-likeness (QED) is 0.530. The van der Waals surface area contributed by atoms with E-state index < -0.39 is 29.2 Å². The summed E-state index contributed by atoms with van der Waals surface area (Å²) < 4.78 is 24.5. The molecular weight excluding hydrogens is 404 g/mol. The Balaban J connectivity index is 1.37. The van der Waals surface area contributed by atoms with E-state index in [9.17, 15) is 14.4 Å². The number of carboxylic acid groups (broad SMARTS) is 1. The van der Waals surface area contributed by atoms with Crippen LogP contribution in [0.3, 0.4) is 0 Å². The average molecular weight is 432 g/mol. The van der Waals surface area contributed by atoms with E-state index in [0.29, 0.717) is 19.6 Å². The van der Waals surface area contributed by atoms with Gasteiger partial charge in [0.25, 0.3) is 0 Å². The molecule has 8 heteroatoms. The topological polar surface area (TPSA) is 112 Å². The summed E-state index contributed by atoms with van der Waals surface area (Å²) in [5, 5.41) is 8.93. The van der Waals surface area contributed by atoms with Crippen molar-refractivity contribution in [3.63, 3.8) is 0 Å². The minimum absolute atomic E-state index is 0.0345. The van der Waals surface area contributed by atoms with Gasteiger partial charge in [-0.2, -0.15) is 0 Å². The van der Waals surface area contributed by atoms with Crippen molar-refractivity contribution >= 4 is 17.9 Å². The fourth-order valence-corrected chi connectivity index (χ4v) is 7.73. The largest absolute Gasteiger partial charge is 0.481 e. The van der Waals surface area contributed by atoms with E-state index >= 15 is 0 Å². The van der Waals surface area contributed by atoms with Gasteiger partial charge in [0.2, 0.25) is 0 Å². The molecular formula is C23H28O8. The first-order chi connectivity index (χ1) is 14.6. The molecule has 3 aliphatic carbocycles. The van der Waals surface area contributed by atoms with Crippen molar-refractivity contribution in [2.45, 2.75) is 76.3 Å². The molecule has 8 nitrogen and oxygen atoms in total. The third kappa shape index (κ3) is 2.16. The fourth-order valence-electron chi connectivity index (χ4n) is 7.73. The molecule has 6 aliphatic rings. The second-order valence-electron chi connectivity index (χ2n) is 10.8. The second kappa shape index (κ2) is 5.70. The van der Waals surface area contributed by atoms with Crippen LogP contribution in [-0.4, -0.2) is 59.6 Å². The van der Waals surface area contributed by atoms with E-state index in [1.807, 2.05) is 6.92 Å². The van der Waals surface area contributed by atoms with Crippen LogP contribution in [0.1, 0.15) is 52.9 Å². The Morgan fingerprint density at radius 3 is 2.74 bits per heavy atom. The monoisotopic (exact) mass is 432 g/mol. The van der Waals surface area contributed by atoms with Crippen LogP contribution in [-0.2, 0) is 33.3 Å². The number of rotatable bonds is 4. The molecule has 8 atom stereocenters. The normalized spacial score (nSPS) is 50.9. The molecule has 0 bridgehead atoms. The van der Waals surface area contributed by atoms with Crippen LogP contribution in [0.4, 0.5) is 0 Å². The molecule has 0 aromatic heterocycles. The summed E-state index contributed by atoms with van der Waals surface area (Å²) in [6.45, 7) is 7.10. The molecule has 2 saturated heterocycles. The van der Waals surface area contributed by atoms with Gasteiger partial charge in [0.15, 0.2) is 0 Å². The van der Waals surface area contributed by atoms with Crippen LogP contribution in [0.2, 0.25) is 0 Å². The summed E-state index contributed by atoms with van der Waals surface area (Å²) in [4.78, 5) is 35.6. The van der Waals surface area contributed by atoms with Gasteiger partial charge in [-0.3, -0.25) is 9.59 Å². The molecule has 3 aliphatic heterocycles. The predicted octanol–water partition coefficient (Wildman–Crippen LogP) is 2.00. The zero-order valence-electron chi connectivity index (χ0n) is 18.1. The second-order valence-corrected chi connectivity index (χ2v) is 10.8. The van der Waals surface area contributed by atoms with Gasteiger partial charge in [-0.25, -0.2) is 4.79 Å².